The Bertz CT molecular complexity index is 1040. The number of aliphatic hydroxyl groups excluding tert-OH is 1. The summed E-state index contributed by atoms with van der Waals surface area (Å²) in [6, 6.07) is 3.68. The lowest BCUT2D eigenvalue weighted by Gasteiger charge is -2.39. The average Bonchev–Trinajstić information content (AvgIpc) is 3.43. The van der Waals surface area contributed by atoms with Gasteiger partial charge in [0.2, 0.25) is 5.91 Å². The molecule has 0 aliphatic carbocycles. The number of halogens is 2. The van der Waals surface area contributed by atoms with Crippen LogP contribution in [0.3, 0.4) is 0 Å². The van der Waals surface area contributed by atoms with Gasteiger partial charge in [-0.15, -0.1) is 6.58 Å². The van der Waals surface area contributed by atoms with Crippen LogP contribution >= 0.6 is 27.5 Å². The zero-order valence-corrected chi connectivity index (χ0v) is 23.0. The van der Waals surface area contributed by atoms with Crippen molar-refractivity contribution in [2.45, 2.75) is 62.2 Å². The van der Waals surface area contributed by atoms with Crippen molar-refractivity contribution in [3.63, 3.8) is 0 Å². The van der Waals surface area contributed by atoms with Crippen LogP contribution in [0.15, 0.2) is 30.9 Å². The quantitative estimate of drug-likeness (QED) is 0.272. The minimum atomic E-state index is -1.25. The first-order chi connectivity index (χ1) is 17.2. The van der Waals surface area contributed by atoms with Crippen molar-refractivity contribution in [1.82, 2.24) is 4.90 Å². The van der Waals surface area contributed by atoms with E-state index in [0.717, 1.165) is 5.56 Å². The summed E-state index contributed by atoms with van der Waals surface area (Å²) in [5.74, 6) is -3.01. The fourth-order valence-corrected chi connectivity index (χ4v) is 7.46. The maximum Gasteiger partial charge on any atom is 0.312 e. The predicted octanol–water partition coefficient (Wildman–Crippen LogP) is 3.25. The number of fused-ring (bicyclic) bond motifs is 1. The lowest BCUT2D eigenvalue weighted by atomic mass is 9.70. The number of ether oxygens (including phenoxy) is 2. The van der Waals surface area contributed by atoms with Gasteiger partial charge in [-0.2, -0.15) is 0 Å². The van der Waals surface area contributed by atoms with Gasteiger partial charge in [0.25, 0.3) is 5.91 Å². The number of aliphatic hydroxyl groups is 1. The molecule has 1 aromatic rings. The number of alkyl halides is 1. The van der Waals surface area contributed by atoms with Gasteiger partial charge in [0.1, 0.15) is 11.6 Å². The molecule has 3 saturated heterocycles. The van der Waals surface area contributed by atoms with Crippen LogP contribution in [0.1, 0.15) is 32.3 Å². The molecule has 0 aromatic heterocycles. The molecule has 1 aromatic carbocycles. The van der Waals surface area contributed by atoms with E-state index in [1.807, 2.05) is 19.9 Å². The molecule has 2 bridgehead atoms. The van der Waals surface area contributed by atoms with Gasteiger partial charge in [-0.05, 0) is 38.3 Å². The van der Waals surface area contributed by atoms with E-state index in [-0.39, 0.29) is 30.5 Å². The van der Waals surface area contributed by atoms with Crippen molar-refractivity contribution in [2.75, 3.05) is 24.7 Å². The Morgan fingerprint density at radius 3 is 2.75 bits per heavy atom. The number of aryl methyl sites for hydroxylation is 1. The number of rotatable bonds is 9. The standard InChI is InChI=1S/C26H32BrClN2O6/c1-5-11-29(20-14(4)9-8-10-17(20)28)24(33)22-26-12-16(27)21(36-26)18(25(34)35-7-3)19(26)23(32)30(22)15(6-2)13-31/h5,8-10,15-16,18-19,21-22,31H,1,6-7,11-13H2,2-4H3/t15-,16?,18-,19+,21-,22-,26+/m0/s1. The van der Waals surface area contributed by atoms with Crippen LogP contribution in [0.2, 0.25) is 5.02 Å². The predicted molar refractivity (Wildman–Crippen MR) is 139 cm³/mol. The summed E-state index contributed by atoms with van der Waals surface area (Å²) in [6.07, 6.45) is 1.79. The zero-order valence-electron chi connectivity index (χ0n) is 20.7. The highest BCUT2D eigenvalue weighted by molar-refractivity contribution is 9.09. The Hall–Kier alpha value is -1.94. The molecule has 3 aliphatic rings. The van der Waals surface area contributed by atoms with E-state index >= 15 is 0 Å². The summed E-state index contributed by atoms with van der Waals surface area (Å²) in [5.41, 5.74) is 0.0659. The first-order valence-corrected chi connectivity index (χ1v) is 13.6. The molecule has 3 fully saturated rings. The van der Waals surface area contributed by atoms with Gasteiger partial charge in [0.15, 0.2) is 0 Å². The molecular weight excluding hydrogens is 552 g/mol. The SMILES string of the molecule is C=CCN(C(=O)[C@@H]1N([C@@H](CC)CO)C(=O)[C@H]2[C@H](C(=O)OCC)[C@H]3O[C@@]12CC3Br)c1c(C)cccc1Cl. The number of likely N-dealkylation sites (tertiary alicyclic amines) is 1. The Morgan fingerprint density at radius 2 is 2.17 bits per heavy atom. The van der Waals surface area contributed by atoms with Crippen LogP contribution in [-0.4, -0.2) is 76.2 Å². The fourth-order valence-electron chi connectivity index (χ4n) is 6.19. The molecular formula is C26H32BrClN2O6. The topological polar surface area (TPSA) is 96.4 Å². The third-order valence-electron chi connectivity index (χ3n) is 7.63. The van der Waals surface area contributed by atoms with Crippen molar-refractivity contribution in [3.8, 4) is 0 Å². The largest absolute Gasteiger partial charge is 0.466 e. The van der Waals surface area contributed by atoms with E-state index in [0.29, 0.717) is 23.6 Å². The van der Waals surface area contributed by atoms with Crippen LogP contribution < -0.4 is 4.90 Å². The van der Waals surface area contributed by atoms with Crippen molar-refractivity contribution in [2.24, 2.45) is 11.8 Å². The van der Waals surface area contributed by atoms with E-state index in [1.54, 1.807) is 25.1 Å². The summed E-state index contributed by atoms with van der Waals surface area (Å²) in [7, 11) is 0. The molecule has 3 heterocycles. The molecule has 4 rings (SSSR count). The highest BCUT2D eigenvalue weighted by Gasteiger charge is 2.77. The number of hydrogen-bond donors (Lipinski definition) is 1. The monoisotopic (exact) mass is 582 g/mol. The molecule has 3 aliphatic heterocycles. The number of amides is 2. The number of carbonyl (C=O) groups excluding carboxylic acids is 3. The summed E-state index contributed by atoms with van der Waals surface area (Å²) in [5, 5.41) is 10.6. The summed E-state index contributed by atoms with van der Waals surface area (Å²) in [6.45, 7) is 9.22. The number of hydrogen-bond acceptors (Lipinski definition) is 6. The number of esters is 1. The maximum absolute atomic E-state index is 14.5. The van der Waals surface area contributed by atoms with Crippen LogP contribution in [0.4, 0.5) is 5.69 Å². The van der Waals surface area contributed by atoms with E-state index in [4.69, 9.17) is 21.1 Å². The second-order valence-corrected chi connectivity index (χ2v) is 11.1. The molecule has 0 radical (unpaired) electrons. The molecule has 10 heteroatoms. The third-order valence-corrected chi connectivity index (χ3v) is 8.78. The Kier molecular flexibility index (Phi) is 7.86. The molecule has 7 atom stereocenters. The van der Waals surface area contributed by atoms with Crippen molar-refractivity contribution < 1.29 is 29.0 Å². The van der Waals surface area contributed by atoms with Crippen molar-refractivity contribution in [1.29, 1.82) is 0 Å². The summed E-state index contributed by atoms with van der Waals surface area (Å²) >= 11 is 10.2. The average molecular weight is 584 g/mol. The normalized spacial score (nSPS) is 31.3. The first kappa shape index (κ1) is 27.1. The smallest absolute Gasteiger partial charge is 0.312 e. The first-order valence-electron chi connectivity index (χ1n) is 12.3. The fraction of sp³-hybridized carbons (Fsp3) is 0.577. The molecule has 1 unspecified atom stereocenters. The molecule has 8 nitrogen and oxygen atoms in total. The minimum Gasteiger partial charge on any atom is -0.466 e. The highest BCUT2D eigenvalue weighted by Crippen LogP contribution is 2.61. The van der Waals surface area contributed by atoms with E-state index in [2.05, 4.69) is 22.5 Å². The lowest BCUT2D eigenvalue weighted by Crippen LogP contribution is -2.59. The van der Waals surface area contributed by atoms with Crippen LogP contribution in [0.25, 0.3) is 0 Å². The van der Waals surface area contributed by atoms with E-state index in [1.165, 1.54) is 9.80 Å². The Morgan fingerprint density at radius 1 is 1.44 bits per heavy atom. The summed E-state index contributed by atoms with van der Waals surface area (Å²) < 4.78 is 11.8. The molecule has 2 amide bonds. The van der Waals surface area contributed by atoms with Crippen LogP contribution in [-0.2, 0) is 23.9 Å². The summed E-state index contributed by atoms with van der Waals surface area (Å²) in [4.78, 5) is 44.3. The molecule has 1 spiro atoms. The van der Waals surface area contributed by atoms with Crippen molar-refractivity contribution in [3.05, 3.63) is 41.4 Å². The second kappa shape index (κ2) is 10.4. The number of carbonyl (C=O) groups is 3. The molecule has 0 saturated carbocycles. The van der Waals surface area contributed by atoms with Gasteiger partial charge in [-0.25, -0.2) is 0 Å². The number of benzene rings is 1. The van der Waals surface area contributed by atoms with E-state index in [9.17, 15) is 19.5 Å². The van der Waals surface area contributed by atoms with E-state index < -0.39 is 47.5 Å². The number of anilines is 1. The lowest BCUT2D eigenvalue weighted by molar-refractivity contribution is -0.155. The molecule has 196 valence electrons. The van der Waals surface area contributed by atoms with Gasteiger partial charge in [-0.1, -0.05) is 52.7 Å². The third kappa shape index (κ3) is 3.99. The van der Waals surface area contributed by atoms with Crippen molar-refractivity contribution >= 4 is 51.0 Å². The maximum atomic E-state index is 14.5. The zero-order chi connectivity index (χ0) is 26.4. The Labute approximate surface area is 224 Å². The van der Waals surface area contributed by atoms with Gasteiger partial charge in [0, 0.05) is 11.4 Å². The Balaban J connectivity index is 1.87. The van der Waals surface area contributed by atoms with Crippen LogP contribution in [0, 0.1) is 18.8 Å². The van der Waals surface area contributed by atoms with Gasteiger partial charge in [0.05, 0.1) is 47.9 Å². The van der Waals surface area contributed by atoms with Gasteiger partial charge < -0.3 is 24.4 Å². The number of nitrogens with zero attached hydrogens (tertiary/aromatic N) is 2. The minimum absolute atomic E-state index is 0.154. The number of para-hydroxylation sites is 1. The van der Waals surface area contributed by atoms with Gasteiger partial charge >= 0.3 is 5.97 Å². The van der Waals surface area contributed by atoms with Gasteiger partial charge in [-0.3, -0.25) is 14.4 Å². The molecule has 36 heavy (non-hydrogen) atoms. The molecule has 1 N–H and O–H groups in total. The second-order valence-electron chi connectivity index (χ2n) is 9.55. The highest BCUT2D eigenvalue weighted by atomic mass is 79.9. The van der Waals surface area contributed by atoms with Crippen LogP contribution in [0.5, 0.6) is 0 Å².